The van der Waals surface area contributed by atoms with Gasteiger partial charge in [0.1, 0.15) is 0 Å². The van der Waals surface area contributed by atoms with Crippen LogP contribution in [0.4, 0.5) is 11.4 Å². The van der Waals surface area contributed by atoms with E-state index >= 15 is 0 Å². The van der Waals surface area contributed by atoms with Crippen molar-refractivity contribution in [1.29, 1.82) is 0 Å². The Morgan fingerprint density at radius 3 is 1.80 bits per heavy atom. The van der Waals surface area contributed by atoms with Gasteiger partial charge >= 0.3 is 0 Å². The molecule has 0 unspecified atom stereocenters. The Morgan fingerprint density at radius 2 is 1.40 bits per heavy atom. The SMILES string of the molecule is CCN(CC)c1cccc(C)c1.Cc1cccc(N)c1. The second-order valence-corrected chi connectivity index (χ2v) is 4.93. The van der Waals surface area contributed by atoms with E-state index < -0.39 is 0 Å². The average Bonchev–Trinajstić information content (AvgIpc) is 2.41. The summed E-state index contributed by atoms with van der Waals surface area (Å²) in [6, 6.07) is 16.4. The van der Waals surface area contributed by atoms with Crippen LogP contribution in [0.15, 0.2) is 48.5 Å². The van der Waals surface area contributed by atoms with E-state index in [4.69, 9.17) is 5.73 Å². The van der Waals surface area contributed by atoms with Crippen molar-refractivity contribution in [3.8, 4) is 0 Å². The second-order valence-electron chi connectivity index (χ2n) is 4.93. The summed E-state index contributed by atoms with van der Waals surface area (Å²) in [5, 5.41) is 0. The third-order valence-corrected chi connectivity index (χ3v) is 3.17. The number of hydrogen-bond donors (Lipinski definition) is 1. The molecule has 0 aliphatic heterocycles. The number of aryl methyl sites for hydroxylation is 2. The molecule has 0 atom stereocenters. The van der Waals surface area contributed by atoms with Crippen molar-refractivity contribution >= 4 is 11.4 Å². The van der Waals surface area contributed by atoms with E-state index in [0.717, 1.165) is 18.8 Å². The van der Waals surface area contributed by atoms with Crippen molar-refractivity contribution in [1.82, 2.24) is 0 Å². The number of anilines is 2. The number of hydrogen-bond acceptors (Lipinski definition) is 2. The van der Waals surface area contributed by atoms with E-state index in [1.165, 1.54) is 16.8 Å². The molecule has 0 fully saturated rings. The van der Waals surface area contributed by atoms with Crippen molar-refractivity contribution in [2.24, 2.45) is 0 Å². The number of nitrogens with zero attached hydrogens (tertiary/aromatic N) is 1. The molecule has 2 aromatic rings. The molecule has 0 heterocycles. The van der Waals surface area contributed by atoms with Crippen LogP contribution in [0, 0.1) is 13.8 Å². The Balaban J connectivity index is 0.000000217. The number of rotatable bonds is 3. The van der Waals surface area contributed by atoms with Crippen molar-refractivity contribution in [3.05, 3.63) is 59.7 Å². The molecular weight excluding hydrogens is 244 g/mol. The van der Waals surface area contributed by atoms with Gasteiger partial charge in [-0.25, -0.2) is 0 Å². The third-order valence-electron chi connectivity index (χ3n) is 3.17. The smallest absolute Gasteiger partial charge is 0.0368 e. The van der Waals surface area contributed by atoms with Crippen LogP contribution in [0.3, 0.4) is 0 Å². The van der Waals surface area contributed by atoms with Gasteiger partial charge in [-0.1, -0.05) is 24.3 Å². The van der Waals surface area contributed by atoms with Crippen molar-refractivity contribution < 1.29 is 0 Å². The first-order valence-electron chi connectivity index (χ1n) is 7.20. The van der Waals surface area contributed by atoms with Crippen molar-refractivity contribution in [2.75, 3.05) is 23.7 Å². The van der Waals surface area contributed by atoms with E-state index in [2.05, 4.69) is 49.9 Å². The van der Waals surface area contributed by atoms with Crippen LogP contribution in [0.1, 0.15) is 25.0 Å². The molecule has 2 heteroatoms. The highest BCUT2D eigenvalue weighted by atomic mass is 15.1. The molecule has 0 aliphatic carbocycles. The highest BCUT2D eigenvalue weighted by Crippen LogP contribution is 2.14. The van der Waals surface area contributed by atoms with Gasteiger partial charge < -0.3 is 10.6 Å². The van der Waals surface area contributed by atoms with Gasteiger partial charge in [0.25, 0.3) is 0 Å². The summed E-state index contributed by atoms with van der Waals surface area (Å²) in [7, 11) is 0. The Kier molecular flexibility index (Phi) is 6.65. The lowest BCUT2D eigenvalue weighted by Gasteiger charge is -2.21. The monoisotopic (exact) mass is 270 g/mol. The maximum Gasteiger partial charge on any atom is 0.0368 e. The summed E-state index contributed by atoms with van der Waals surface area (Å²) >= 11 is 0. The van der Waals surface area contributed by atoms with Gasteiger partial charge in [0.15, 0.2) is 0 Å². The summed E-state index contributed by atoms with van der Waals surface area (Å²) < 4.78 is 0. The molecule has 2 aromatic carbocycles. The van der Waals surface area contributed by atoms with Gasteiger partial charge in [0.05, 0.1) is 0 Å². The zero-order valence-corrected chi connectivity index (χ0v) is 13.1. The molecule has 0 saturated heterocycles. The Bertz CT molecular complexity index is 499. The number of nitrogen functional groups attached to an aromatic ring is 1. The minimum Gasteiger partial charge on any atom is -0.399 e. The van der Waals surface area contributed by atoms with Crippen molar-refractivity contribution in [3.63, 3.8) is 0 Å². The summed E-state index contributed by atoms with van der Waals surface area (Å²) in [4.78, 5) is 2.35. The number of nitrogens with two attached hydrogens (primary N) is 1. The summed E-state index contributed by atoms with van der Waals surface area (Å²) in [6.07, 6.45) is 0. The van der Waals surface area contributed by atoms with E-state index in [-0.39, 0.29) is 0 Å². The van der Waals surface area contributed by atoms with Crippen LogP contribution < -0.4 is 10.6 Å². The first-order valence-corrected chi connectivity index (χ1v) is 7.20. The lowest BCUT2D eigenvalue weighted by atomic mass is 10.2. The highest BCUT2D eigenvalue weighted by Gasteiger charge is 1.99. The van der Waals surface area contributed by atoms with Crippen LogP contribution in [-0.4, -0.2) is 13.1 Å². The Labute approximate surface area is 123 Å². The predicted molar refractivity (Wildman–Crippen MR) is 90.3 cm³/mol. The van der Waals surface area contributed by atoms with Crippen LogP contribution in [0.2, 0.25) is 0 Å². The quantitative estimate of drug-likeness (QED) is 0.837. The maximum absolute atomic E-state index is 5.46. The first kappa shape index (κ1) is 16.1. The fourth-order valence-electron chi connectivity index (χ4n) is 2.08. The number of benzene rings is 2. The van der Waals surface area contributed by atoms with E-state index in [1.54, 1.807) is 0 Å². The lowest BCUT2D eigenvalue weighted by molar-refractivity contribution is 0.865. The second kappa shape index (κ2) is 8.26. The van der Waals surface area contributed by atoms with Gasteiger partial charge in [-0.15, -0.1) is 0 Å². The summed E-state index contributed by atoms with van der Waals surface area (Å²) in [5.41, 5.74) is 10.2. The largest absolute Gasteiger partial charge is 0.399 e. The summed E-state index contributed by atoms with van der Waals surface area (Å²) in [5.74, 6) is 0. The molecule has 108 valence electrons. The molecule has 20 heavy (non-hydrogen) atoms. The van der Waals surface area contributed by atoms with Gasteiger partial charge in [0, 0.05) is 24.5 Å². The fraction of sp³-hybridized carbons (Fsp3) is 0.333. The molecule has 0 aliphatic rings. The lowest BCUT2D eigenvalue weighted by Crippen LogP contribution is -2.21. The van der Waals surface area contributed by atoms with Gasteiger partial charge in [-0.3, -0.25) is 0 Å². The normalized spacial score (nSPS) is 9.60. The third kappa shape index (κ3) is 5.35. The van der Waals surface area contributed by atoms with Gasteiger partial charge in [0.2, 0.25) is 0 Å². The molecule has 0 amide bonds. The van der Waals surface area contributed by atoms with E-state index in [9.17, 15) is 0 Å². The highest BCUT2D eigenvalue weighted by molar-refractivity contribution is 5.48. The molecule has 2 N–H and O–H groups in total. The molecule has 0 spiro atoms. The molecule has 2 nitrogen and oxygen atoms in total. The minimum absolute atomic E-state index is 0.838. The minimum atomic E-state index is 0.838. The van der Waals surface area contributed by atoms with Gasteiger partial charge in [-0.05, 0) is 63.1 Å². The maximum atomic E-state index is 5.46. The Hall–Kier alpha value is -1.96. The van der Waals surface area contributed by atoms with E-state index in [1.807, 2.05) is 31.2 Å². The van der Waals surface area contributed by atoms with Crippen LogP contribution >= 0.6 is 0 Å². The molecule has 0 bridgehead atoms. The van der Waals surface area contributed by atoms with Crippen LogP contribution in [-0.2, 0) is 0 Å². The van der Waals surface area contributed by atoms with E-state index in [0.29, 0.717) is 0 Å². The zero-order chi connectivity index (χ0) is 15.0. The zero-order valence-electron chi connectivity index (χ0n) is 13.1. The molecular formula is C18H26N2. The average molecular weight is 270 g/mol. The fourth-order valence-corrected chi connectivity index (χ4v) is 2.08. The standard InChI is InChI=1S/C11H17N.C7H9N/c1-4-12(5-2)11-8-6-7-10(3)9-11;1-6-3-2-4-7(8)5-6/h6-9H,4-5H2,1-3H3;2-5H,8H2,1H3. The molecule has 0 saturated carbocycles. The molecule has 0 radical (unpaired) electrons. The molecule has 2 rings (SSSR count). The topological polar surface area (TPSA) is 29.3 Å². The first-order chi connectivity index (χ1) is 9.56. The van der Waals surface area contributed by atoms with Crippen molar-refractivity contribution in [2.45, 2.75) is 27.7 Å². The summed E-state index contributed by atoms with van der Waals surface area (Å²) in [6.45, 7) is 10.7. The van der Waals surface area contributed by atoms with Crippen LogP contribution in [0.25, 0.3) is 0 Å². The molecule has 0 aromatic heterocycles. The van der Waals surface area contributed by atoms with Crippen LogP contribution in [0.5, 0.6) is 0 Å². The van der Waals surface area contributed by atoms with Gasteiger partial charge in [-0.2, -0.15) is 0 Å². The predicted octanol–water partition coefficient (Wildman–Crippen LogP) is 4.42. The Morgan fingerprint density at radius 1 is 0.850 bits per heavy atom.